The molecule has 0 aromatic carbocycles. The van der Waals surface area contributed by atoms with E-state index in [1.807, 2.05) is 0 Å². The maximum Gasteiger partial charge on any atom is 0.132 e. The van der Waals surface area contributed by atoms with Crippen molar-refractivity contribution < 1.29 is 4.79 Å². The zero-order valence-corrected chi connectivity index (χ0v) is 8.22. The highest BCUT2D eigenvalue weighted by Gasteiger charge is 2.17. The number of carbonyl (C=O) groups excluding carboxylic acids is 1. The zero-order chi connectivity index (χ0) is 9.10. The summed E-state index contributed by atoms with van der Waals surface area (Å²) in [5.41, 5.74) is 1.63. The molecule has 13 heavy (non-hydrogen) atoms. The fourth-order valence-corrected chi connectivity index (χ4v) is 2.51. The van der Waals surface area contributed by atoms with Crippen molar-refractivity contribution in [3.05, 3.63) is 11.6 Å². The summed E-state index contributed by atoms with van der Waals surface area (Å²) < 4.78 is 0. The molecule has 72 valence electrons. The standard InChI is InChI=1S/C12H18O/c13-12-6-2-5-10-3-1-4-11(9-10)7-8-12/h9,11H,1-8H2. The predicted octanol–water partition coefficient (Wildman–Crippen LogP) is 3.25. The highest BCUT2D eigenvalue weighted by atomic mass is 16.1. The zero-order valence-electron chi connectivity index (χ0n) is 8.22. The first-order valence-corrected chi connectivity index (χ1v) is 5.56. The number of Topliss-reactive ketones (excluding diaryl/α,β-unsaturated/α-hetero) is 1. The third kappa shape index (κ3) is 2.43. The molecule has 1 heteroatoms. The van der Waals surface area contributed by atoms with Gasteiger partial charge in [0.05, 0.1) is 0 Å². The van der Waals surface area contributed by atoms with Gasteiger partial charge in [0.15, 0.2) is 0 Å². The van der Waals surface area contributed by atoms with E-state index in [4.69, 9.17) is 0 Å². The Balaban J connectivity index is 2.04. The minimum absolute atomic E-state index is 0.488. The van der Waals surface area contributed by atoms with Gasteiger partial charge >= 0.3 is 0 Å². The lowest BCUT2D eigenvalue weighted by atomic mass is 9.87. The third-order valence-electron chi connectivity index (χ3n) is 3.29. The van der Waals surface area contributed by atoms with Crippen LogP contribution in [0.2, 0.25) is 0 Å². The molecule has 2 aliphatic carbocycles. The number of allylic oxidation sites excluding steroid dienone is 2. The van der Waals surface area contributed by atoms with E-state index in [2.05, 4.69) is 6.08 Å². The average Bonchev–Trinajstić information content (AvgIpc) is 2.20. The Morgan fingerprint density at radius 3 is 2.77 bits per heavy atom. The lowest BCUT2D eigenvalue weighted by Crippen LogP contribution is -2.05. The van der Waals surface area contributed by atoms with Gasteiger partial charge in [0.1, 0.15) is 5.78 Å². The number of ketones is 1. The number of rotatable bonds is 0. The van der Waals surface area contributed by atoms with Gasteiger partial charge in [-0.1, -0.05) is 11.6 Å². The van der Waals surface area contributed by atoms with Gasteiger partial charge in [0.25, 0.3) is 0 Å². The van der Waals surface area contributed by atoms with E-state index in [9.17, 15) is 4.79 Å². The van der Waals surface area contributed by atoms with Crippen LogP contribution in [-0.4, -0.2) is 5.78 Å². The molecule has 0 radical (unpaired) electrons. The van der Waals surface area contributed by atoms with Crippen molar-refractivity contribution in [1.82, 2.24) is 0 Å². The molecule has 0 aromatic heterocycles. The van der Waals surface area contributed by atoms with Gasteiger partial charge in [-0.15, -0.1) is 0 Å². The van der Waals surface area contributed by atoms with Crippen LogP contribution in [0, 0.1) is 5.92 Å². The van der Waals surface area contributed by atoms with Crippen LogP contribution in [0.3, 0.4) is 0 Å². The quantitative estimate of drug-likeness (QED) is 0.520. The molecule has 1 atom stereocenters. The Labute approximate surface area is 80.2 Å². The highest BCUT2D eigenvalue weighted by Crippen LogP contribution is 2.30. The van der Waals surface area contributed by atoms with Crippen LogP contribution in [0.1, 0.15) is 51.4 Å². The van der Waals surface area contributed by atoms with E-state index >= 15 is 0 Å². The molecule has 0 saturated heterocycles. The topological polar surface area (TPSA) is 17.1 Å². The van der Waals surface area contributed by atoms with E-state index < -0.39 is 0 Å². The maximum absolute atomic E-state index is 11.4. The molecular formula is C12H18O. The molecule has 1 nitrogen and oxygen atoms in total. The monoisotopic (exact) mass is 178 g/mol. The normalized spacial score (nSPS) is 30.0. The summed E-state index contributed by atoms with van der Waals surface area (Å²) >= 11 is 0. The molecule has 0 fully saturated rings. The minimum atomic E-state index is 0.488. The van der Waals surface area contributed by atoms with Crippen molar-refractivity contribution in [2.24, 2.45) is 5.92 Å². The van der Waals surface area contributed by atoms with E-state index in [-0.39, 0.29) is 0 Å². The largest absolute Gasteiger partial charge is 0.300 e. The van der Waals surface area contributed by atoms with Gasteiger partial charge in [-0.2, -0.15) is 0 Å². The first-order chi connectivity index (χ1) is 6.34. The number of carbonyl (C=O) groups is 1. The summed E-state index contributed by atoms with van der Waals surface area (Å²) in [5, 5.41) is 0. The molecule has 0 amide bonds. The third-order valence-corrected chi connectivity index (χ3v) is 3.29. The van der Waals surface area contributed by atoms with Gasteiger partial charge in [-0.3, -0.25) is 4.79 Å². The summed E-state index contributed by atoms with van der Waals surface area (Å²) in [5.74, 6) is 1.22. The summed E-state index contributed by atoms with van der Waals surface area (Å²) in [6.07, 6.45) is 11.5. The fourth-order valence-electron chi connectivity index (χ4n) is 2.51. The molecule has 1 unspecified atom stereocenters. The SMILES string of the molecule is O=C1CCCC2=CC(CCC2)CC1. The Morgan fingerprint density at radius 1 is 1.00 bits per heavy atom. The summed E-state index contributed by atoms with van der Waals surface area (Å²) in [7, 11) is 0. The van der Waals surface area contributed by atoms with Crippen LogP contribution < -0.4 is 0 Å². The molecule has 0 aliphatic heterocycles. The van der Waals surface area contributed by atoms with Crippen LogP contribution in [-0.2, 0) is 4.79 Å². The van der Waals surface area contributed by atoms with Gasteiger partial charge in [-0.05, 0) is 44.4 Å². The van der Waals surface area contributed by atoms with E-state index in [0.717, 1.165) is 31.6 Å². The molecule has 2 bridgehead atoms. The van der Waals surface area contributed by atoms with Crippen LogP contribution >= 0.6 is 0 Å². The smallest absolute Gasteiger partial charge is 0.132 e. The van der Waals surface area contributed by atoms with E-state index in [1.54, 1.807) is 5.57 Å². The summed E-state index contributed by atoms with van der Waals surface area (Å²) in [6.45, 7) is 0. The Morgan fingerprint density at radius 2 is 1.85 bits per heavy atom. The Kier molecular flexibility index (Phi) is 2.82. The minimum Gasteiger partial charge on any atom is -0.300 e. The van der Waals surface area contributed by atoms with Gasteiger partial charge in [0, 0.05) is 12.8 Å². The summed E-state index contributed by atoms with van der Waals surface area (Å²) in [6, 6.07) is 0. The maximum atomic E-state index is 11.4. The van der Waals surface area contributed by atoms with E-state index in [1.165, 1.54) is 25.7 Å². The van der Waals surface area contributed by atoms with Crippen molar-refractivity contribution in [2.45, 2.75) is 51.4 Å². The number of hydrogen-bond acceptors (Lipinski definition) is 1. The number of hydrogen-bond donors (Lipinski definition) is 0. The van der Waals surface area contributed by atoms with Crippen LogP contribution in [0.25, 0.3) is 0 Å². The Hall–Kier alpha value is -0.590. The molecule has 0 spiro atoms. The summed E-state index contributed by atoms with van der Waals surface area (Å²) in [4.78, 5) is 11.4. The molecule has 2 aliphatic rings. The first-order valence-electron chi connectivity index (χ1n) is 5.56. The molecule has 0 aromatic rings. The van der Waals surface area contributed by atoms with Crippen molar-refractivity contribution >= 4 is 5.78 Å². The second kappa shape index (κ2) is 4.08. The van der Waals surface area contributed by atoms with Crippen LogP contribution in [0.5, 0.6) is 0 Å². The van der Waals surface area contributed by atoms with Crippen molar-refractivity contribution in [3.63, 3.8) is 0 Å². The van der Waals surface area contributed by atoms with E-state index in [0.29, 0.717) is 5.78 Å². The lowest BCUT2D eigenvalue weighted by molar-refractivity contribution is -0.119. The molecule has 2 rings (SSSR count). The van der Waals surface area contributed by atoms with Crippen LogP contribution in [0.15, 0.2) is 11.6 Å². The molecular weight excluding hydrogens is 160 g/mol. The second-order valence-electron chi connectivity index (χ2n) is 4.41. The molecule has 0 saturated carbocycles. The predicted molar refractivity (Wildman–Crippen MR) is 53.5 cm³/mol. The van der Waals surface area contributed by atoms with Crippen molar-refractivity contribution in [1.29, 1.82) is 0 Å². The molecule has 0 heterocycles. The van der Waals surface area contributed by atoms with Gasteiger partial charge < -0.3 is 0 Å². The van der Waals surface area contributed by atoms with Crippen LogP contribution in [0.4, 0.5) is 0 Å². The highest BCUT2D eigenvalue weighted by molar-refractivity contribution is 5.78. The van der Waals surface area contributed by atoms with Crippen molar-refractivity contribution in [2.75, 3.05) is 0 Å². The first kappa shape index (κ1) is 8.98. The average molecular weight is 178 g/mol. The molecule has 0 N–H and O–H groups in total. The second-order valence-corrected chi connectivity index (χ2v) is 4.41. The number of fused-ring (bicyclic) bond motifs is 1. The lowest BCUT2D eigenvalue weighted by Gasteiger charge is -2.19. The van der Waals surface area contributed by atoms with Gasteiger partial charge in [0.2, 0.25) is 0 Å². The Bertz CT molecular complexity index is 227. The fraction of sp³-hybridized carbons (Fsp3) is 0.750. The van der Waals surface area contributed by atoms with Gasteiger partial charge in [-0.25, -0.2) is 0 Å². The van der Waals surface area contributed by atoms with Crippen molar-refractivity contribution in [3.8, 4) is 0 Å².